The van der Waals surface area contributed by atoms with Gasteiger partial charge < -0.3 is 11.1 Å². The topological polar surface area (TPSA) is 55.1 Å². The Balaban J connectivity index is 2.87. The molecule has 0 atom stereocenters. The minimum absolute atomic E-state index is 0.299. The fraction of sp³-hybridized carbons (Fsp3) is 0.300. The van der Waals surface area contributed by atoms with Gasteiger partial charge in [-0.15, -0.1) is 0 Å². The van der Waals surface area contributed by atoms with E-state index in [4.69, 9.17) is 5.73 Å². The molecule has 0 heterocycles. The molecule has 0 radical (unpaired) electrons. The molecule has 1 amide bonds. The molecule has 0 aliphatic heterocycles. The van der Waals surface area contributed by atoms with Crippen molar-refractivity contribution in [2.75, 3.05) is 5.32 Å². The Morgan fingerprint density at radius 1 is 1.53 bits per heavy atom. The largest absolute Gasteiger partial charge is 0.324 e. The van der Waals surface area contributed by atoms with E-state index in [-0.39, 0.29) is 11.7 Å². The van der Waals surface area contributed by atoms with Crippen molar-refractivity contribution in [3.8, 4) is 0 Å². The van der Waals surface area contributed by atoms with Crippen LogP contribution in [0.3, 0.4) is 0 Å². The summed E-state index contributed by atoms with van der Waals surface area (Å²) in [7, 11) is 0. The number of carbonyl (C=O) groups excluding carboxylic acids is 1. The number of rotatable bonds is 2. The Morgan fingerprint density at radius 2 is 2.13 bits per heavy atom. The summed E-state index contributed by atoms with van der Waals surface area (Å²) in [6.07, 6.45) is 0. The van der Waals surface area contributed by atoms with Crippen LogP contribution in [-0.4, -0.2) is 11.4 Å². The average molecular weight is 322 g/mol. The van der Waals surface area contributed by atoms with Crippen LogP contribution in [0, 0.1) is 9.39 Å². The lowest BCUT2D eigenvalue weighted by atomic mass is 10.1. The summed E-state index contributed by atoms with van der Waals surface area (Å²) in [4.78, 5) is 11.5. The van der Waals surface area contributed by atoms with E-state index in [9.17, 15) is 9.18 Å². The van der Waals surface area contributed by atoms with Crippen molar-refractivity contribution in [2.45, 2.75) is 19.4 Å². The lowest BCUT2D eigenvalue weighted by Gasteiger charge is -2.18. The molecule has 3 nitrogen and oxygen atoms in total. The molecule has 0 bridgehead atoms. The minimum Gasteiger partial charge on any atom is -0.324 e. The molecule has 1 aromatic rings. The number of carbonyl (C=O) groups is 1. The zero-order valence-electron chi connectivity index (χ0n) is 8.47. The van der Waals surface area contributed by atoms with E-state index in [2.05, 4.69) is 5.32 Å². The van der Waals surface area contributed by atoms with E-state index in [0.29, 0.717) is 9.26 Å². The fourth-order valence-electron chi connectivity index (χ4n) is 0.874. The summed E-state index contributed by atoms with van der Waals surface area (Å²) < 4.78 is 13.4. The summed E-state index contributed by atoms with van der Waals surface area (Å²) in [5, 5.41) is 2.64. The van der Waals surface area contributed by atoms with Crippen molar-refractivity contribution in [3.63, 3.8) is 0 Å². The molecule has 1 aromatic carbocycles. The van der Waals surface area contributed by atoms with Crippen molar-refractivity contribution >= 4 is 34.2 Å². The predicted molar refractivity (Wildman–Crippen MR) is 66.0 cm³/mol. The number of nitrogens with two attached hydrogens (primary N) is 1. The van der Waals surface area contributed by atoms with Gasteiger partial charge >= 0.3 is 0 Å². The lowest BCUT2D eigenvalue weighted by Crippen LogP contribution is -2.45. The van der Waals surface area contributed by atoms with Gasteiger partial charge in [-0.05, 0) is 54.6 Å². The van der Waals surface area contributed by atoms with Crippen LogP contribution >= 0.6 is 22.6 Å². The van der Waals surface area contributed by atoms with Gasteiger partial charge in [-0.2, -0.15) is 0 Å². The van der Waals surface area contributed by atoms with E-state index >= 15 is 0 Å². The Morgan fingerprint density at radius 3 is 2.60 bits per heavy atom. The highest BCUT2D eigenvalue weighted by Gasteiger charge is 2.22. The van der Waals surface area contributed by atoms with Gasteiger partial charge in [0.2, 0.25) is 5.91 Å². The number of benzene rings is 1. The van der Waals surface area contributed by atoms with Crippen LogP contribution < -0.4 is 11.1 Å². The first-order valence-corrected chi connectivity index (χ1v) is 5.44. The van der Waals surface area contributed by atoms with Crippen molar-refractivity contribution in [2.24, 2.45) is 5.73 Å². The summed E-state index contributed by atoms with van der Waals surface area (Å²) in [6, 6.07) is 4.15. The number of amides is 1. The van der Waals surface area contributed by atoms with Crippen LogP contribution in [0.25, 0.3) is 0 Å². The van der Waals surface area contributed by atoms with Gasteiger partial charge in [0.25, 0.3) is 0 Å². The maximum absolute atomic E-state index is 12.8. The fourth-order valence-corrected chi connectivity index (χ4v) is 1.49. The quantitative estimate of drug-likeness (QED) is 0.820. The molecule has 82 valence electrons. The molecule has 0 aliphatic carbocycles. The first-order chi connectivity index (χ1) is 6.80. The molecule has 1 rings (SSSR count). The summed E-state index contributed by atoms with van der Waals surface area (Å²) in [5.74, 6) is -0.628. The predicted octanol–water partition coefficient (Wildman–Crippen LogP) is 2.11. The molecule has 0 spiro atoms. The highest BCUT2D eigenvalue weighted by molar-refractivity contribution is 14.1. The molecule has 0 aliphatic rings. The van der Waals surface area contributed by atoms with Crippen LogP contribution in [0.4, 0.5) is 10.1 Å². The molecular weight excluding hydrogens is 310 g/mol. The van der Waals surface area contributed by atoms with Crippen molar-refractivity contribution in [3.05, 3.63) is 27.6 Å². The molecule has 15 heavy (non-hydrogen) atoms. The van der Waals surface area contributed by atoms with Crippen molar-refractivity contribution < 1.29 is 9.18 Å². The normalized spacial score (nSPS) is 11.3. The van der Waals surface area contributed by atoms with E-state index in [0.717, 1.165) is 0 Å². The first-order valence-electron chi connectivity index (χ1n) is 4.36. The molecule has 0 saturated carbocycles. The van der Waals surface area contributed by atoms with Crippen LogP contribution in [-0.2, 0) is 4.79 Å². The van der Waals surface area contributed by atoms with Gasteiger partial charge in [0.1, 0.15) is 5.82 Å². The number of nitrogens with one attached hydrogen (secondary N) is 1. The van der Waals surface area contributed by atoms with Crippen molar-refractivity contribution in [1.29, 1.82) is 0 Å². The Hall–Kier alpha value is -0.690. The zero-order chi connectivity index (χ0) is 11.6. The standard InChI is InChI=1S/C10H12FIN2O/c1-10(2,13)9(15)14-8-4-3-6(11)5-7(8)12/h3-5H,13H2,1-2H3,(H,14,15). The molecule has 0 unspecified atom stereocenters. The van der Waals surface area contributed by atoms with E-state index < -0.39 is 5.54 Å². The highest BCUT2D eigenvalue weighted by Crippen LogP contribution is 2.19. The summed E-state index contributed by atoms with van der Waals surface area (Å²) in [6.45, 7) is 3.22. The number of halogens is 2. The molecule has 3 N–H and O–H groups in total. The third-order valence-electron chi connectivity index (χ3n) is 1.76. The van der Waals surface area contributed by atoms with Crippen LogP contribution in [0.2, 0.25) is 0 Å². The van der Waals surface area contributed by atoms with E-state index in [1.165, 1.54) is 18.2 Å². The Kier molecular flexibility index (Phi) is 3.67. The van der Waals surface area contributed by atoms with Gasteiger partial charge in [-0.3, -0.25) is 4.79 Å². The lowest BCUT2D eigenvalue weighted by molar-refractivity contribution is -0.120. The molecule has 0 aromatic heterocycles. The number of hydrogen-bond acceptors (Lipinski definition) is 2. The molecule has 5 heteroatoms. The molecule has 0 saturated heterocycles. The smallest absolute Gasteiger partial charge is 0.243 e. The summed E-state index contributed by atoms with van der Waals surface area (Å²) >= 11 is 1.95. The molecular formula is C10H12FIN2O. The monoisotopic (exact) mass is 322 g/mol. The second-order valence-electron chi connectivity index (χ2n) is 3.80. The average Bonchev–Trinajstić information content (AvgIpc) is 2.08. The van der Waals surface area contributed by atoms with E-state index in [1.807, 2.05) is 22.6 Å². The Bertz CT molecular complexity index is 387. The number of hydrogen-bond donors (Lipinski definition) is 2. The number of anilines is 1. The second-order valence-corrected chi connectivity index (χ2v) is 4.96. The van der Waals surface area contributed by atoms with Gasteiger partial charge in [0.05, 0.1) is 11.2 Å². The van der Waals surface area contributed by atoms with Gasteiger partial charge in [0, 0.05) is 3.57 Å². The van der Waals surface area contributed by atoms with Crippen molar-refractivity contribution in [1.82, 2.24) is 0 Å². The Labute approximate surface area is 101 Å². The molecule has 0 fully saturated rings. The van der Waals surface area contributed by atoms with E-state index in [1.54, 1.807) is 13.8 Å². The maximum atomic E-state index is 12.8. The van der Waals surface area contributed by atoms with Crippen LogP contribution in [0.15, 0.2) is 18.2 Å². The van der Waals surface area contributed by atoms with Crippen LogP contribution in [0.1, 0.15) is 13.8 Å². The van der Waals surface area contributed by atoms with Gasteiger partial charge in [0.15, 0.2) is 0 Å². The van der Waals surface area contributed by atoms with Crippen LogP contribution in [0.5, 0.6) is 0 Å². The SMILES string of the molecule is CC(C)(N)C(=O)Nc1ccc(F)cc1I. The maximum Gasteiger partial charge on any atom is 0.243 e. The minimum atomic E-state index is -0.947. The van der Waals surface area contributed by atoms with Gasteiger partial charge in [-0.25, -0.2) is 4.39 Å². The third-order valence-corrected chi connectivity index (χ3v) is 2.66. The second kappa shape index (κ2) is 4.44. The zero-order valence-corrected chi connectivity index (χ0v) is 10.6. The highest BCUT2D eigenvalue weighted by atomic mass is 127. The summed E-state index contributed by atoms with van der Waals surface area (Å²) in [5.41, 5.74) is 5.24. The third kappa shape index (κ3) is 3.42. The van der Waals surface area contributed by atoms with Gasteiger partial charge in [-0.1, -0.05) is 0 Å². The first kappa shape index (κ1) is 12.4.